The number of rotatable bonds is 9. The fourth-order valence-electron chi connectivity index (χ4n) is 2.94. The summed E-state index contributed by atoms with van der Waals surface area (Å²) in [6.45, 7) is 2.34. The molecule has 1 atom stereocenters. The zero-order valence-corrected chi connectivity index (χ0v) is 19.3. The number of anilines is 1. The molecule has 3 aromatic rings. The summed E-state index contributed by atoms with van der Waals surface area (Å²) in [7, 11) is -3.93. The predicted octanol–water partition coefficient (Wildman–Crippen LogP) is 4.38. The molecule has 8 heteroatoms. The second-order valence-electron chi connectivity index (χ2n) is 6.76. The van der Waals surface area contributed by atoms with Crippen LogP contribution in [-0.2, 0) is 21.2 Å². The van der Waals surface area contributed by atoms with E-state index in [1.54, 1.807) is 36.4 Å². The topological polar surface area (TPSA) is 84.5 Å². The van der Waals surface area contributed by atoms with Crippen LogP contribution in [-0.4, -0.2) is 27.0 Å². The quantitative estimate of drug-likeness (QED) is 0.454. The summed E-state index contributed by atoms with van der Waals surface area (Å²) in [5.41, 5.74) is 1.42. The summed E-state index contributed by atoms with van der Waals surface area (Å²) in [6, 6.07) is 21.4. The maximum atomic E-state index is 13.0. The SMILES string of the molecule is CCOc1ccc(S(=O)(=O)NC(Cc2ccccc2)C(=O)Nc2ccc(Br)cc2)cc1. The predicted molar refractivity (Wildman–Crippen MR) is 125 cm³/mol. The lowest BCUT2D eigenvalue weighted by molar-refractivity contribution is -0.117. The Morgan fingerprint density at radius 3 is 2.23 bits per heavy atom. The Hall–Kier alpha value is -2.68. The van der Waals surface area contributed by atoms with Crippen LogP contribution in [0.1, 0.15) is 12.5 Å². The van der Waals surface area contributed by atoms with Crippen molar-refractivity contribution in [1.82, 2.24) is 4.72 Å². The second-order valence-corrected chi connectivity index (χ2v) is 9.39. The third kappa shape index (κ3) is 6.65. The minimum Gasteiger partial charge on any atom is -0.494 e. The van der Waals surface area contributed by atoms with E-state index in [0.717, 1.165) is 10.0 Å². The highest BCUT2D eigenvalue weighted by atomic mass is 79.9. The molecular weight excluding hydrogens is 480 g/mol. The third-order valence-corrected chi connectivity index (χ3v) is 6.47. The van der Waals surface area contributed by atoms with E-state index < -0.39 is 22.0 Å². The fourth-order valence-corrected chi connectivity index (χ4v) is 4.40. The van der Waals surface area contributed by atoms with E-state index in [1.165, 1.54) is 12.1 Å². The van der Waals surface area contributed by atoms with Crippen molar-refractivity contribution in [3.63, 3.8) is 0 Å². The van der Waals surface area contributed by atoms with Gasteiger partial charge >= 0.3 is 0 Å². The van der Waals surface area contributed by atoms with Crippen LogP contribution in [0.5, 0.6) is 5.75 Å². The maximum absolute atomic E-state index is 13.0. The number of carbonyl (C=O) groups is 1. The number of nitrogens with one attached hydrogen (secondary N) is 2. The third-order valence-electron chi connectivity index (χ3n) is 4.45. The molecule has 1 amide bonds. The second kappa shape index (κ2) is 10.6. The van der Waals surface area contributed by atoms with Crippen molar-refractivity contribution in [2.75, 3.05) is 11.9 Å². The Bertz CT molecular complexity index is 1100. The lowest BCUT2D eigenvalue weighted by Gasteiger charge is -2.19. The minimum absolute atomic E-state index is 0.0606. The molecule has 31 heavy (non-hydrogen) atoms. The first-order chi connectivity index (χ1) is 14.9. The van der Waals surface area contributed by atoms with Gasteiger partial charge in [0.1, 0.15) is 11.8 Å². The number of hydrogen-bond donors (Lipinski definition) is 2. The van der Waals surface area contributed by atoms with Crippen LogP contribution in [0.15, 0.2) is 88.2 Å². The lowest BCUT2D eigenvalue weighted by atomic mass is 10.1. The summed E-state index contributed by atoms with van der Waals surface area (Å²) in [4.78, 5) is 13.0. The number of ether oxygens (including phenoxy) is 1. The standard InChI is InChI=1S/C23H23BrN2O4S/c1-2-30-20-12-14-21(15-13-20)31(28,29)26-22(16-17-6-4-3-5-7-17)23(27)25-19-10-8-18(24)9-11-19/h3-15,22,26H,2,16H2,1H3,(H,25,27). The van der Waals surface area contributed by atoms with Gasteiger partial charge in [-0.15, -0.1) is 0 Å². The molecule has 0 saturated carbocycles. The molecule has 0 spiro atoms. The first-order valence-corrected chi connectivity index (χ1v) is 12.0. The minimum atomic E-state index is -3.93. The average Bonchev–Trinajstić information content (AvgIpc) is 2.76. The smallest absolute Gasteiger partial charge is 0.242 e. The number of hydrogen-bond acceptors (Lipinski definition) is 4. The van der Waals surface area contributed by atoms with Crippen molar-refractivity contribution in [1.29, 1.82) is 0 Å². The van der Waals surface area contributed by atoms with E-state index in [1.807, 2.05) is 37.3 Å². The molecular formula is C23H23BrN2O4S. The molecule has 0 radical (unpaired) electrons. The van der Waals surface area contributed by atoms with Crippen molar-refractivity contribution in [2.24, 2.45) is 0 Å². The maximum Gasteiger partial charge on any atom is 0.242 e. The number of amides is 1. The number of benzene rings is 3. The van der Waals surface area contributed by atoms with Gasteiger partial charge in [0.25, 0.3) is 0 Å². The van der Waals surface area contributed by atoms with Gasteiger partial charge < -0.3 is 10.1 Å². The molecule has 0 aliphatic heterocycles. The molecule has 0 bridgehead atoms. The van der Waals surface area contributed by atoms with Crippen LogP contribution < -0.4 is 14.8 Å². The van der Waals surface area contributed by atoms with Crippen LogP contribution in [0.25, 0.3) is 0 Å². The van der Waals surface area contributed by atoms with Gasteiger partial charge in [-0.25, -0.2) is 8.42 Å². The Morgan fingerprint density at radius 1 is 0.968 bits per heavy atom. The van der Waals surface area contributed by atoms with Gasteiger partial charge in [-0.05, 0) is 67.4 Å². The molecule has 0 saturated heterocycles. The molecule has 0 fully saturated rings. The molecule has 1 unspecified atom stereocenters. The van der Waals surface area contributed by atoms with Crippen LogP contribution in [0.4, 0.5) is 5.69 Å². The van der Waals surface area contributed by atoms with Crippen molar-refractivity contribution in [3.05, 3.63) is 88.9 Å². The van der Waals surface area contributed by atoms with Crippen LogP contribution in [0, 0.1) is 0 Å². The van der Waals surface area contributed by atoms with E-state index in [0.29, 0.717) is 18.0 Å². The van der Waals surface area contributed by atoms with Crippen molar-refractivity contribution >= 4 is 37.5 Å². The number of carbonyl (C=O) groups excluding carboxylic acids is 1. The Balaban J connectivity index is 1.82. The first kappa shape index (κ1) is 23.0. The van der Waals surface area contributed by atoms with Gasteiger partial charge in [0.15, 0.2) is 0 Å². The largest absolute Gasteiger partial charge is 0.494 e. The highest BCUT2D eigenvalue weighted by molar-refractivity contribution is 9.10. The van der Waals surface area contributed by atoms with E-state index >= 15 is 0 Å². The highest BCUT2D eigenvalue weighted by Crippen LogP contribution is 2.18. The van der Waals surface area contributed by atoms with Gasteiger partial charge in [0.05, 0.1) is 11.5 Å². The van der Waals surface area contributed by atoms with Crippen LogP contribution in [0.2, 0.25) is 0 Å². The molecule has 0 heterocycles. The molecule has 3 aromatic carbocycles. The summed E-state index contributed by atoms with van der Waals surface area (Å²) in [5.74, 6) is 0.135. The van der Waals surface area contributed by atoms with Gasteiger partial charge in [0, 0.05) is 10.2 Å². The van der Waals surface area contributed by atoms with Gasteiger partial charge in [-0.3, -0.25) is 4.79 Å². The monoisotopic (exact) mass is 502 g/mol. The van der Waals surface area contributed by atoms with E-state index in [2.05, 4.69) is 26.0 Å². The number of sulfonamides is 1. The zero-order chi connectivity index (χ0) is 22.3. The van der Waals surface area contributed by atoms with E-state index in [4.69, 9.17) is 4.74 Å². The molecule has 0 aliphatic carbocycles. The molecule has 0 aliphatic rings. The van der Waals surface area contributed by atoms with Crippen LogP contribution >= 0.6 is 15.9 Å². The Kier molecular flexibility index (Phi) is 7.84. The fraction of sp³-hybridized carbons (Fsp3) is 0.174. The molecule has 0 aromatic heterocycles. The molecule has 162 valence electrons. The van der Waals surface area contributed by atoms with Crippen molar-refractivity contribution in [2.45, 2.75) is 24.3 Å². The van der Waals surface area contributed by atoms with Gasteiger partial charge in [0.2, 0.25) is 15.9 Å². The van der Waals surface area contributed by atoms with Crippen molar-refractivity contribution < 1.29 is 17.9 Å². The van der Waals surface area contributed by atoms with Gasteiger partial charge in [-0.2, -0.15) is 4.72 Å². The zero-order valence-electron chi connectivity index (χ0n) is 16.9. The van der Waals surface area contributed by atoms with E-state index in [9.17, 15) is 13.2 Å². The van der Waals surface area contributed by atoms with Gasteiger partial charge in [-0.1, -0.05) is 46.3 Å². The highest BCUT2D eigenvalue weighted by Gasteiger charge is 2.26. The first-order valence-electron chi connectivity index (χ1n) is 9.73. The van der Waals surface area contributed by atoms with Crippen molar-refractivity contribution in [3.8, 4) is 5.75 Å². The summed E-state index contributed by atoms with van der Waals surface area (Å²) < 4.78 is 34.7. The number of halogens is 1. The normalized spacial score (nSPS) is 12.2. The summed E-state index contributed by atoms with van der Waals surface area (Å²) in [6.07, 6.45) is 0.208. The Morgan fingerprint density at radius 2 is 1.61 bits per heavy atom. The molecule has 6 nitrogen and oxygen atoms in total. The van der Waals surface area contributed by atoms with E-state index in [-0.39, 0.29) is 11.3 Å². The Labute approximate surface area is 190 Å². The summed E-state index contributed by atoms with van der Waals surface area (Å²) >= 11 is 3.35. The van der Waals surface area contributed by atoms with Crippen LogP contribution in [0.3, 0.4) is 0 Å². The summed E-state index contributed by atoms with van der Waals surface area (Å²) in [5, 5.41) is 2.78. The molecule has 3 rings (SSSR count). The lowest BCUT2D eigenvalue weighted by Crippen LogP contribution is -2.45. The average molecular weight is 503 g/mol. The molecule has 2 N–H and O–H groups in total.